The second-order valence-corrected chi connectivity index (χ2v) is 6.51. The van der Waals surface area contributed by atoms with Gasteiger partial charge in [0.25, 0.3) is 0 Å². The molecule has 3 rings (SSSR count). The van der Waals surface area contributed by atoms with Crippen molar-refractivity contribution in [2.45, 2.75) is 38.2 Å². The molecular weight excluding hydrogens is 330 g/mol. The molecule has 128 valence electrons. The lowest BCUT2D eigenvalue weighted by molar-refractivity contribution is -0.117. The van der Waals surface area contributed by atoms with Gasteiger partial charge in [-0.15, -0.1) is 0 Å². The van der Waals surface area contributed by atoms with E-state index in [0.717, 1.165) is 6.42 Å². The summed E-state index contributed by atoms with van der Waals surface area (Å²) in [5, 5.41) is 4.60. The third-order valence-corrected chi connectivity index (χ3v) is 4.98. The fraction of sp³-hybridized carbons (Fsp3) is 0.471. The molecule has 0 aliphatic carbocycles. The standard InChI is InChI=1S/C17H20ClN3O3/c1-4-17(2,23-3)16-19-15(24-20-16)11-9-14(22)21(10-11)13-8-6-5-7-12(13)18/h5-8,11H,4,9-10H2,1-3H3. The monoisotopic (exact) mass is 349 g/mol. The molecule has 0 bridgehead atoms. The fourth-order valence-corrected chi connectivity index (χ4v) is 3.02. The Morgan fingerprint density at radius 2 is 2.21 bits per heavy atom. The number of hydrogen-bond donors (Lipinski definition) is 0. The molecule has 1 aliphatic heterocycles. The number of rotatable bonds is 5. The number of aromatic nitrogens is 2. The number of ether oxygens (including phenoxy) is 1. The van der Waals surface area contributed by atoms with Crippen LogP contribution in [0.5, 0.6) is 0 Å². The van der Waals surface area contributed by atoms with Crippen LogP contribution in [0.4, 0.5) is 5.69 Å². The van der Waals surface area contributed by atoms with Gasteiger partial charge in [-0.1, -0.05) is 35.8 Å². The summed E-state index contributed by atoms with van der Waals surface area (Å²) in [6.45, 7) is 4.38. The lowest BCUT2D eigenvalue weighted by Gasteiger charge is -2.21. The molecule has 1 aliphatic rings. The molecule has 2 aromatic rings. The van der Waals surface area contributed by atoms with E-state index < -0.39 is 5.60 Å². The second-order valence-electron chi connectivity index (χ2n) is 6.10. The number of para-hydroxylation sites is 1. The van der Waals surface area contributed by atoms with Gasteiger partial charge in [-0.25, -0.2) is 0 Å². The maximum Gasteiger partial charge on any atom is 0.232 e. The summed E-state index contributed by atoms with van der Waals surface area (Å²) in [6.07, 6.45) is 1.04. The normalized spacial score (nSPS) is 20.4. The molecule has 1 saturated heterocycles. The molecule has 1 amide bonds. The van der Waals surface area contributed by atoms with Crippen LogP contribution in [0.25, 0.3) is 0 Å². The van der Waals surface area contributed by atoms with Gasteiger partial charge < -0.3 is 14.2 Å². The zero-order valence-corrected chi connectivity index (χ0v) is 14.7. The topological polar surface area (TPSA) is 68.5 Å². The van der Waals surface area contributed by atoms with Crippen molar-refractivity contribution < 1.29 is 14.1 Å². The number of nitrogens with zero attached hydrogens (tertiary/aromatic N) is 3. The van der Waals surface area contributed by atoms with Crippen molar-refractivity contribution >= 4 is 23.2 Å². The van der Waals surface area contributed by atoms with Crippen LogP contribution in [0.3, 0.4) is 0 Å². The van der Waals surface area contributed by atoms with Crippen molar-refractivity contribution in [3.63, 3.8) is 0 Å². The molecule has 2 atom stereocenters. The summed E-state index contributed by atoms with van der Waals surface area (Å²) in [4.78, 5) is 18.5. The summed E-state index contributed by atoms with van der Waals surface area (Å²) in [7, 11) is 1.62. The fourth-order valence-electron chi connectivity index (χ4n) is 2.79. The number of methoxy groups -OCH3 is 1. The molecule has 6 nitrogen and oxygen atoms in total. The highest BCUT2D eigenvalue weighted by Gasteiger charge is 2.37. The van der Waals surface area contributed by atoms with Gasteiger partial charge in [0, 0.05) is 20.1 Å². The molecule has 1 aromatic carbocycles. The number of benzene rings is 1. The highest BCUT2D eigenvalue weighted by Crippen LogP contribution is 2.35. The van der Waals surface area contributed by atoms with Crippen LogP contribution < -0.4 is 4.90 Å². The van der Waals surface area contributed by atoms with Crippen LogP contribution in [-0.4, -0.2) is 29.7 Å². The van der Waals surface area contributed by atoms with Crippen molar-refractivity contribution in [1.82, 2.24) is 10.1 Å². The molecule has 0 N–H and O–H groups in total. The quantitative estimate of drug-likeness (QED) is 0.826. The lowest BCUT2D eigenvalue weighted by Crippen LogP contribution is -2.25. The Morgan fingerprint density at radius 1 is 1.46 bits per heavy atom. The van der Waals surface area contributed by atoms with E-state index in [-0.39, 0.29) is 11.8 Å². The predicted octanol–water partition coefficient (Wildman–Crippen LogP) is 3.52. The van der Waals surface area contributed by atoms with Gasteiger partial charge in [-0.3, -0.25) is 4.79 Å². The molecule has 2 unspecified atom stereocenters. The van der Waals surface area contributed by atoms with E-state index >= 15 is 0 Å². The third kappa shape index (κ3) is 2.91. The van der Waals surface area contributed by atoms with Gasteiger partial charge in [-0.2, -0.15) is 4.98 Å². The average Bonchev–Trinajstić information content (AvgIpc) is 3.22. The first kappa shape index (κ1) is 16.9. The molecule has 0 saturated carbocycles. The van der Waals surface area contributed by atoms with E-state index in [4.69, 9.17) is 20.9 Å². The van der Waals surface area contributed by atoms with Crippen LogP contribution in [0.15, 0.2) is 28.8 Å². The van der Waals surface area contributed by atoms with Crippen molar-refractivity contribution in [3.8, 4) is 0 Å². The molecule has 1 fully saturated rings. The van der Waals surface area contributed by atoms with E-state index in [2.05, 4.69) is 10.1 Å². The second kappa shape index (κ2) is 6.53. The molecule has 2 heterocycles. The van der Waals surface area contributed by atoms with Gasteiger partial charge in [0.05, 0.1) is 16.6 Å². The summed E-state index contributed by atoms with van der Waals surface area (Å²) in [5.41, 5.74) is 0.119. The Balaban J connectivity index is 1.82. The average molecular weight is 350 g/mol. The van der Waals surface area contributed by atoms with Gasteiger partial charge >= 0.3 is 0 Å². The summed E-state index contributed by atoms with van der Waals surface area (Å²) in [5.74, 6) is 0.821. The zero-order valence-electron chi connectivity index (χ0n) is 14.0. The third-order valence-electron chi connectivity index (χ3n) is 4.66. The van der Waals surface area contributed by atoms with Gasteiger partial charge in [0.15, 0.2) is 0 Å². The van der Waals surface area contributed by atoms with Crippen LogP contribution in [0.2, 0.25) is 5.02 Å². The Labute approximate surface area is 145 Å². The molecule has 24 heavy (non-hydrogen) atoms. The Hall–Kier alpha value is -1.92. The highest BCUT2D eigenvalue weighted by molar-refractivity contribution is 6.33. The molecule has 7 heteroatoms. The Morgan fingerprint density at radius 3 is 2.88 bits per heavy atom. The molecule has 0 spiro atoms. The maximum atomic E-state index is 12.4. The van der Waals surface area contributed by atoms with Crippen LogP contribution >= 0.6 is 11.6 Å². The largest absolute Gasteiger partial charge is 0.370 e. The van der Waals surface area contributed by atoms with Gasteiger partial charge in [-0.05, 0) is 25.5 Å². The Bertz CT molecular complexity index is 742. The minimum absolute atomic E-state index is 0.00200. The first-order chi connectivity index (χ1) is 11.5. The maximum absolute atomic E-state index is 12.4. The zero-order chi connectivity index (χ0) is 17.3. The molecule has 1 aromatic heterocycles. The predicted molar refractivity (Wildman–Crippen MR) is 90.1 cm³/mol. The van der Waals surface area contributed by atoms with Crippen LogP contribution in [0.1, 0.15) is 44.3 Å². The van der Waals surface area contributed by atoms with E-state index in [9.17, 15) is 4.79 Å². The molecular formula is C17H20ClN3O3. The summed E-state index contributed by atoms with van der Waals surface area (Å²) in [6, 6.07) is 7.30. The van der Waals surface area contributed by atoms with Gasteiger partial charge in [0.1, 0.15) is 5.60 Å². The number of anilines is 1. The first-order valence-electron chi connectivity index (χ1n) is 7.92. The highest BCUT2D eigenvalue weighted by atomic mass is 35.5. The molecule has 0 radical (unpaired) electrons. The lowest BCUT2D eigenvalue weighted by atomic mass is 10.0. The number of amides is 1. The van der Waals surface area contributed by atoms with Crippen molar-refractivity contribution in [2.24, 2.45) is 0 Å². The van der Waals surface area contributed by atoms with E-state index in [1.54, 1.807) is 18.1 Å². The first-order valence-corrected chi connectivity index (χ1v) is 8.30. The summed E-state index contributed by atoms with van der Waals surface area (Å²) >= 11 is 6.20. The SMILES string of the molecule is CCC(C)(OC)c1noc(C2CC(=O)N(c3ccccc3Cl)C2)n1. The number of carbonyl (C=O) groups is 1. The van der Waals surface area contributed by atoms with E-state index in [1.165, 1.54) is 0 Å². The van der Waals surface area contributed by atoms with Crippen molar-refractivity contribution in [1.29, 1.82) is 0 Å². The number of carbonyl (C=O) groups excluding carboxylic acids is 1. The minimum Gasteiger partial charge on any atom is -0.370 e. The van der Waals surface area contributed by atoms with E-state index in [1.807, 2.05) is 32.0 Å². The van der Waals surface area contributed by atoms with Crippen LogP contribution in [0, 0.1) is 0 Å². The Kier molecular flexibility index (Phi) is 4.60. The summed E-state index contributed by atoms with van der Waals surface area (Å²) < 4.78 is 10.9. The number of hydrogen-bond acceptors (Lipinski definition) is 5. The van der Waals surface area contributed by atoms with Crippen molar-refractivity contribution in [3.05, 3.63) is 41.0 Å². The van der Waals surface area contributed by atoms with Crippen molar-refractivity contribution in [2.75, 3.05) is 18.6 Å². The minimum atomic E-state index is -0.590. The van der Waals surface area contributed by atoms with Crippen LogP contribution in [-0.2, 0) is 15.1 Å². The smallest absolute Gasteiger partial charge is 0.232 e. The van der Waals surface area contributed by atoms with E-state index in [0.29, 0.717) is 35.4 Å². The van der Waals surface area contributed by atoms with Gasteiger partial charge in [0.2, 0.25) is 17.6 Å². The number of halogens is 1.